The monoisotopic (exact) mass is 290 g/mol. The molecule has 4 aliphatic carbocycles. The molecule has 0 aromatic heterocycles. The Labute approximate surface area is 128 Å². The van der Waals surface area contributed by atoms with Crippen LogP contribution in [0, 0.1) is 41.4 Å². The van der Waals surface area contributed by atoms with Gasteiger partial charge < -0.3 is 10.2 Å². The molecule has 0 radical (unpaired) electrons. The quantitative estimate of drug-likeness (QED) is 0.671. The lowest BCUT2D eigenvalue weighted by Gasteiger charge is -2.59. The summed E-state index contributed by atoms with van der Waals surface area (Å²) in [5.41, 5.74) is -0.592. The largest absolute Gasteiger partial charge is 0.393 e. The second kappa shape index (κ2) is 4.83. The van der Waals surface area contributed by atoms with Crippen molar-refractivity contribution in [1.29, 1.82) is 0 Å². The zero-order valence-electron chi connectivity index (χ0n) is 13.4. The van der Waals surface area contributed by atoms with Crippen LogP contribution in [0.25, 0.3) is 0 Å². The van der Waals surface area contributed by atoms with Gasteiger partial charge in [0, 0.05) is 6.42 Å². The minimum atomic E-state index is -0.592. The smallest absolute Gasteiger partial charge is 0.0706 e. The fraction of sp³-hybridized carbons (Fsp3) is 0.895. The normalized spacial score (nSPS) is 59.2. The molecule has 0 aliphatic heterocycles. The van der Waals surface area contributed by atoms with Crippen molar-refractivity contribution in [3.63, 3.8) is 0 Å². The number of rotatable bonds is 0. The molecular formula is C19H30O2. The summed E-state index contributed by atoms with van der Waals surface area (Å²) in [5, 5.41) is 21.6. The van der Waals surface area contributed by atoms with Crippen LogP contribution < -0.4 is 0 Å². The van der Waals surface area contributed by atoms with Gasteiger partial charge in [0.05, 0.1) is 11.7 Å². The molecule has 4 rings (SSSR count). The number of hydrogen-bond acceptors (Lipinski definition) is 2. The summed E-state index contributed by atoms with van der Waals surface area (Å²) in [6, 6.07) is 0. The first kappa shape index (κ1) is 14.3. The van der Waals surface area contributed by atoms with Gasteiger partial charge in [0.25, 0.3) is 0 Å². The van der Waals surface area contributed by atoms with Crippen LogP contribution in [-0.2, 0) is 0 Å². The average molecular weight is 290 g/mol. The molecule has 9 unspecified atom stereocenters. The van der Waals surface area contributed by atoms with Gasteiger partial charge in [-0.1, -0.05) is 26.0 Å². The average Bonchev–Trinajstić information content (AvgIpc) is 2.92. The highest BCUT2D eigenvalue weighted by Crippen LogP contribution is 2.59. The van der Waals surface area contributed by atoms with Crippen molar-refractivity contribution in [3.05, 3.63) is 12.2 Å². The molecule has 118 valence electrons. The summed E-state index contributed by atoms with van der Waals surface area (Å²) in [7, 11) is 0. The Balaban J connectivity index is 1.64. The molecule has 4 aliphatic rings. The van der Waals surface area contributed by atoms with Crippen molar-refractivity contribution in [1.82, 2.24) is 0 Å². The Hall–Kier alpha value is -0.340. The number of fused-ring (bicyclic) bond motifs is 5. The maximum atomic E-state index is 11.3. The van der Waals surface area contributed by atoms with Crippen LogP contribution >= 0.6 is 0 Å². The number of hydrogen-bond donors (Lipinski definition) is 2. The van der Waals surface area contributed by atoms with Crippen LogP contribution in [0.15, 0.2) is 12.2 Å². The van der Waals surface area contributed by atoms with Gasteiger partial charge in [-0.05, 0) is 73.5 Å². The fourth-order valence-electron chi connectivity index (χ4n) is 6.65. The van der Waals surface area contributed by atoms with E-state index in [1.165, 1.54) is 25.7 Å². The van der Waals surface area contributed by atoms with E-state index in [0.29, 0.717) is 30.1 Å². The van der Waals surface area contributed by atoms with E-state index in [2.05, 4.69) is 26.0 Å². The van der Waals surface area contributed by atoms with Gasteiger partial charge in [-0.3, -0.25) is 0 Å². The molecule has 2 nitrogen and oxygen atoms in total. The highest BCUT2D eigenvalue weighted by Gasteiger charge is 2.58. The Morgan fingerprint density at radius 1 is 1.00 bits per heavy atom. The van der Waals surface area contributed by atoms with Crippen molar-refractivity contribution in [2.24, 2.45) is 41.4 Å². The van der Waals surface area contributed by atoms with Gasteiger partial charge in [-0.25, -0.2) is 0 Å². The molecule has 0 bridgehead atoms. The summed E-state index contributed by atoms with van der Waals surface area (Å²) in [5.74, 6) is 4.35. The summed E-state index contributed by atoms with van der Waals surface area (Å²) in [4.78, 5) is 0. The standard InChI is InChI=1S/C19H30O2/c1-11-12(2)18-16-7-6-13-4-3-5-14(13)15(16)8-9-19(18,21)10-17(11)20/h3-4,11-18,20-21H,5-10H2,1-2H3. The first-order valence-electron chi connectivity index (χ1n) is 9.08. The van der Waals surface area contributed by atoms with Crippen LogP contribution in [0.1, 0.15) is 52.4 Å². The van der Waals surface area contributed by atoms with Crippen LogP contribution in [0.4, 0.5) is 0 Å². The van der Waals surface area contributed by atoms with E-state index >= 15 is 0 Å². The van der Waals surface area contributed by atoms with E-state index in [4.69, 9.17) is 0 Å². The van der Waals surface area contributed by atoms with Crippen LogP contribution in [0.2, 0.25) is 0 Å². The molecule has 0 heterocycles. The molecule has 2 heteroatoms. The second-order valence-corrected chi connectivity index (χ2v) is 8.55. The summed E-state index contributed by atoms with van der Waals surface area (Å²) in [6.45, 7) is 4.46. The van der Waals surface area contributed by atoms with Gasteiger partial charge in [0.2, 0.25) is 0 Å². The molecule has 0 aromatic carbocycles. The van der Waals surface area contributed by atoms with E-state index in [1.54, 1.807) is 0 Å². The van der Waals surface area contributed by atoms with E-state index in [-0.39, 0.29) is 6.10 Å². The molecule has 3 fully saturated rings. The first-order valence-corrected chi connectivity index (χ1v) is 9.08. The van der Waals surface area contributed by atoms with E-state index in [9.17, 15) is 10.2 Å². The van der Waals surface area contributed by atoms with E-state index < -0.39 is 5.60 Å². The van der Waals surface area contributed by atoms with E-state index in [0.717, 1.165) is 24.2 Å². The minimum absolute atomic E-state index is 0.317. The van der Waals surface area contributed by atoms with Gasteiger partial charge in [-0.2, -0.15) is 0 Å². The lowest BCUT2D eigenvalue weighted by Crippen LogP contribution is -2.60. The summed E-state index contributed by atoms with van der Waals surface area (Å²) >= 11 is 0. The Bertz CT molecular complexity index is 445. The molecular weight excluding hydrogens is 260 g/mol. The third-order valence-corrected chi connectivity index (χ3v) is 7.83. The van der Waals surface area contributed by atoms with Crippen LogP contribution in [0.3, 0.4) is 0 Å². The lowest BCUT2D eigenvalue weighted by molar-refractivity contribution is -0.194. The van der Waals surface area contributed by atoms with E-state index in [1.807, 2.05) is 0 Å². The van der Waals surface area contributed by atoms with Gasteiger partial charge in [-0.15, -0.1) is 0 Å². The summed E-state index contributed by atoms with van der Waals surface area (Å²) < 4.78 is 0. The molecule has 2 N–H and O–H groups in total. The number of aliphatic hydroxyl groups is 2. The second-order valence-electron chi connectivity index (χ2n) is 8.55. The number of allylic oxidation sites excluding steroid dienone is 2. The molecule has 21 heavy (non-hydrogen) atoms. The van der Waals surface area contributed by atoms with Crippen molar-refractivity contribution >= 4 is 0 Å². The van der Waals surface area contributed by atoms with Gasteiger partial charge >= 0.3 is 0 Å². The molecule has 0 saturated heterocycles. The zero-order chi connectivity index (χ0) is 14.8. The first-order chi connectivity index (χ1) is 10.0. The zero-order valence-corrected chi connectivity index (χ0v) is 13.4. The lowest BCUT2D eigenvalue weighted by atomic mass is 9.48. The Morgan fingerprint density at radius 3 is 2.62 bits per heavy atom. The van der Waals surface area contributed by atoms with Crippen molar-refractivity contribution in [2.45, 2.75) is 64.1 Å². The van der Waals surface area contributed by atoms with Gasteiger partial charge in [0.15, 0.2) is 0 Å². The molecule has 0 spiro atoms. The fourth-order valence-corrected chi connectivity index (χ4v) is 6.65. The molecule has 3 saturated carbocycles. The Kier molecular flexibility index (Phi) is 3.28. The third-order valence-electron chi connectivity index (χ3n) is 7.83. The Morgan fingerprint density at radius 2 is 1.81 bits per heavy atom. The summed E-state index contributed by atoms with van der Waals surface area (Å²) in [6.07, 6.45) is 11.1. The maximum absolute atomic E-state index is 11.3. The van der Waals surface area contributed by atoms with Gasteiger partial charge in [0.1, 0.15) is 0 Å². The van der Waals surface area contributed by atoms with Crippen LogP contribution in [-0.4, -0.2) is 21.9 Å². The number of aliphatic hydroxyl groups excluding tert-OH is 1. The van der Waals surface area contributed by atoms with Crippen molar-refractivity contribution < 1.29 is 10.2 Å². The third kappa shape index (κ3) is 1.98. The van der Waals surface area contributed by atoms with Crippen LogP contribution in [0.5, 0.6) is 0 Å². The van der Waals surface area contributed by atoms with Crippen molar-refractivity contribution in [2.75, 3.05) is 0 Å². The highest BCUT2D eigenvalue weighted by atomic mass is 16.3. The highest BCUT2D eigenvalue weighted by molar-refractivity contribution is 5.12. The predicted molar refractivity (Wildman–Crippen MR) is 83.6 cm³/mol. The molecule has 0 aromatic rings. The molecule has 0 amide bonds. The minimum Gasteiger partial charge on any atom is -0.393 e. The maximum Gasteiger partial charge on any atom is 0.0706 e. The molecule has 9 atom stereocenters. The van der Waals surface area contributed by atoms with Crippen molar-refractivity contribution in [3.8, 4) is 0 Å². The SMILES string of the molecule is CC1C(O)CC2(O)CCC3C4CC=CC4CCC3C2C1C. The topological polar surface area (TPSA) is 40.5 Å². The predicted octanol–water partition coefficient (Wildman–Crippen LogP) is 3.38.